The smallest absolute Gasteiger partial charge is 0.402 e. The van der Waals surface area contributed by atoms with Crippen molar-refractivity contribution in [2.45, 2.75) is 90.4 Å². The lowest BCUT2D eigenvalue weighted by molar-refractivity contribution is -0.132. The summed E-state index contributed by atoms with van der Waals surface area (Å²) in [5.41, 5.74) is 1.42. The minimum Gasteiger partial charge on any atom is -0.402 e. The van der Waals surface area contributed by atoms with Crippen molar-refractivity contribution < 1.29 is 24.0 Å². The Labute approximate surface area is 198 Å². The van der Waals surface area contributed by atoms with Gasteiger partial charge < -0.3 is 25.0 Å². The van der Waals surface area contributed by atoms with Crippen LogP contribution in [0.15, 0.2) is 24.3 Å². The molecule has 1 aliphatic carbocycles. The minimum absolute atomic E-state index is 0.199. The van der Waals surface area contributed by atoms with Gasteiger partial charge in [0.05, 0.1) is 23.8 Å². The Balaban J connectivity index is 1.64. The third kappa shape index (κ3) is 5.97. The van der Waals surface area contributed by atoms with E-state index >= 15 is 0 Å². The summed E-state index contributed by atoms with van der Waals surface area (Å²) in [5.74, 6) is -0.946. The van der Waals surface area contributed by atoms with Crippen LogP contribution < -0.4 is 10.6 Å². The third-order valence-corrected chi connectivity index (χ3v) is 7.19. The van der Waals surface area contributed by atoms with Crippen molar-refractivity contribution in [3.63, 3.8) is 0 Å². The number of amides is 2. The maximum atomic E-state index is 13.1. The van der Waals surface area contributed by atoms with E-state index in [1.807, 2.05) is 45.9 Å². The van der Waals surface area contributed by atoms with E-state index in [0.29, 0.717) is 18.8 Å². The Morgan fingerprint density at radius 1 is 1.09 bits per heavy atom. The average molecular weight is 458 g/mol. The molecule has 8 heteroatoms. The number of fused-ring (bicyclic) bond motifs is 1. The second kappa shape index (κ2) is 10.2. The van der Waals surface area contributed by atoms with Crippen LogP contribution in [0.1, 0.15) is 65.5 Å². The maximum absolute atomic E-state index is 13.1. The fourth-order valence-electron chi connectivity index (χ4n) is 4.49. The number of carbonyl (C=O) groups excluding carboxylic acids is 2. The number of nitrogens with one attached hydrogen (secondary N) is 2. The molecule has 1 heterocycles. The lowest BCUT2D eigenvalue weighted by Crippen LogP contribution is -2.56. The van der Waals surface area contributed by atoms with Gasteiger partial charge in [0.15, 0.2) is 0 Å². The first kappa shape index (κ1) is 25.7. The van der Waals surface area contributed by atoms with Crippen LogP contribution in [0.3, 0.4) is 0 Å². The van der Waals surface area contributed by atoms with Crippen molar-refractivity contribution in [3.8, 4) is 0 Å². The SMILES string of the molecule is CC(C)C[C@H](NC(=O)[C@H](CO)NC(=O)[C@H]1CCc2ccccc2C1)B1OC(C)(C)C(C)(C)O1. The van der Waals surface area contributed by atoms with E-state index in [1.165, 1.54) is 11.1 Å². The van der Waals surface area contributed by atoms with Crippen LogP contribution in [-0.4, -0.2) is 53.8 Å². The third-order valence-electron chi connectivity index (χ3n) is 7.19. The van der Waals surface area contributed by atoms with Gasteiger partial charge in [-0.25, -0.2) is 0 Å². The summed E-state index contributed by atoms with van der Waals surface area (Å²) < 4.78 is 12.3. The summed E-state index contributed by atoms with van der Waals surface area (Å²) >= 11 is 0. The molecule has 0 spiro atoms. The first-order chi connectivity index (χ1) is 15.4. The zero-order valence-electron chi connectivity index (χ0n) is 20.8. The summed E-state index contributed by atoms with van der Waals surface area (Å²) in [6.45, 7) is 11.5. The van der Waals surface area contributed by atoms with E-state index in [0.717, 1.165) is 12.8 Å². The summed E-state index contributed by atoms with van der Waals surface area (Å²) in [6.07, 6.45) is 2.86. The molecule has 1 fully saturated rings. The number of aliphatic hydroxyl groups is 1. The largest absolute Gasteiger partial charge is 0.481 e. The molecule has 3 N–H and O–H groups in total. The Morgan fingerprint density at radius 3 is 2.27 bits per heavy atom. The van der Waals surface area contributed by atoms with Crippen LogP contribution in [0.2, 0.25) is 0 Å². The van der Waals surface area contributed by atoms with E-state index in [2.05, 4.69) is 30.5 Å². The Morgan fingerprint density at radius 2 is 1.70 bits per heavy atom. The van der Waals surface area contributed by atoms with Crippen molar-refractivity contribution >= 4 is 18.9 Å². The lowest BCUT2D eigenvalue weighted by atomic mass is 9.74. The molecule has 0 radical (unpaired) electrons. The number of rotatable bonds is 8. The highest BCUT2D eigenvalue weighted by Gasteiger charge is 2.54. The highest BCUT2D eigenvalue weighted by molar-refractivity contribution is 6.48. The zero-order chi connectivity index (χ0) is 24.4. The van der Waals surface area contributed by atoms with Crippen LogP contribution in [0.25, 0.3) is 0 Å². The first-order valence-corrected chi connectivity index (χ1v) is 12.1. The molecule has 3 rings (SSSR count). The number of aliphatic hydroxyl groups excluding tert-OH is 1. The molecular formula is C25H39BN2O5. The molecule has 1 aliphatic heterocycles. The molecule has 0 bridgehead atoms. The number of hydrogen-bond acceptors (Lipinski definition) is 5. The van der Waals surface area contributed by atoms with Crippen LogP contribution in [0.5, 0.6) is 0 Å². The van der Waals surface area contributed by atoms with Crippen molar-refractivity contribution in [3.05, 3.63) is 35.4 Å². The number of benzene rings is 1. The maximum Gasteiger partial charge on any atom is 0.481 e. The van der Waals surface area contributed by atoms with Crippen LogP contribution in [0, 0.1) is 11.8 Å². The topological polar surface area (TPSA) is 96.9 Å². The molecule has 33 heavy (non-hydrogen) atoms. The lowest BCUT2D eigenvalue weighted by Gasteiger charge is -2.32. The molecule has 2 amide bonds. The van der Waals surface area contributed by atoms with Gasteiger partial charge in [-0.1, -0.05) is 38.1 Å². The van der Waals surface area contributed by atoms with Gasteiger partial charge in [-0.15, -0.1) is 0 Å². The van der Waals surface area contributed by atoms with Crippen molar-refractivity contribution in [1.29, 1.82) is 0 Å². The van der Waals surface area contributed by atoms with E-state index in [9.17, 15) is 14.7 Å². The first-order valence-electron chi connectivity index (χ1n) is 12.1. The quantitative estimate of drug-likeness (QED) is 0.520. The van der Waals surface area contributed by atoms with Crippen molar-refractivity contribution in [1.82, 2.24) is 10.6 Å². The molecule has 1 saturated heterocycles. The number of aryl methyl sites for hydroxylation is 1. The fraction of sp³-hybridized carbons (Fsp3) is 0.680. The summed E-state index contributed by atoms with van der Waals surface area (Å²) in [4.78, 5) is 26.0. The second-order valence-corrected chi connectivity index (χ2v) is 10.8. The molecule has 7 nitrogen and oxygen atoms in total. The molecule has 0 unspecified atom stereocenters. The Bertz CT molecular complexity index is 841. The van der Waals surface area contributed by atoms with Gasteiger partial charge in [0, 0.05) is 5.92 Å². The normalized spacial score (nSPS) is 23.0. The molecule has 182 valence electrons. The average Bonchev–Trinajstić information content (AvgIpc) is 2.97. The molecule has 3 atom stereocenters. The predicted octanol–water partition coefficient (Wildman–Crippen LogP) is 2.43. The van der Waals surface area contributed by atoms with Gasteiger partial charge in [0.2, 0.25) is 11.8 Å². The predicted molar refractivity (Wildman–Crippen MR) is 128 cm³/mol. The second-order valence-electron chi connectivity index (χ2n) is 10.8. The minimum atomic E-state index is -1.02. The Hall–Kier alpha value is -1.90. The fourth-order valence-corrected chi connectivity index (χ4v) is 4.49. The van der Waals surface area contributed by atoms with Gasteiger partial charge in [0.25, 0.3) is 0 Å². The van der Waals surface area contributed by atoms with Gasteiger partial charge in [-0.2, -0.15) is 0 Å². The molecule has 2 aliphatic rings. The van der Waals surface area contributed by atoms with Gasteiger partial charge >= 0.3 is 7.12 Å². The van der Waals surface area contributed by atoms with Crippen LogP contribution >= 0.6 is 0 Å². The summed E-state index contributed by atoms with van der Waals surface area (Å²) in [7, 11) is -0.605. The molecule has 1 aromatic carbocycles. The monoisotopic (exact) mass is 458 g/mol. The van der Waals surface area contributed by atoms with Gasteiger partial charge in [0.1, 0.15) is 6.04 Å². The van der Waals surface area contributed by atoms with E-state index < -0.39 is 42.8 Å². The number of carbonyl (C=O) groups is 2. The van der Waals surface area contributed by atoms with Gasteiger partial charge in [-0.3, -0.25) is 9.59 Å². The van der Waals surface area contributed by atoms with E-state index in [4.69, 9.17) is 9.31 Å². The highest BCUT2D eigenvalue weighted by atomic mass is 16.7. The Kier molecular flexibility index (Phi) is 7.92. The van der Waals surface area contributed by atoms with Crippen LogP contribution in [-0.2, 0) is 31.7 Å². The molecule has 0 saturated carbocycles. The standard InChI is InChI=1S/C25H39BN2O5/c1-16(2)13-21(26-32-24(3,4)25(5,6)33-26)28-23(31)20(15-29)27-22(30)19-12-11-17-9-7-8-10-18(17)14-19/h7-10,16,19-21,29H,11-15H2,1-6H3,(H,27,30)(H,28,31)/t19-,20-,21-/m0/s1. The summed E-state index contributed by atoms with van der Waals surface area (Å²) in [5, 5.41) is 15.6. The van der Waals surface area contributed by atoms with Crippen LogP contribution in [0.4, 0.5) is 0 Å². The highest BCUT2D eigenvalue weighted by Crippen LogP contribution is 2.38. The van der Waals surface area contributed by atoms with Crippen molar-refractivity contribution in [2.75, 3.05) is 6.61 Å². The molecular weight excluding hydrogens is 419 g/mol. The van der Waals surface area contributed by atoms with Gasteiger partial charge in [-0.05, 0) is 70.4 Å². The molecule has 0 aromatic heterocycles. The number of hydrogen-bond donors (Lipinski definition) is 3. The zero-order valence-corrected chi connectivity index (χ0v) is 20.8. The van der Waals surface area contributed by atoms with Crippen molar-refractivity contribution in [2.24, 2.45) is 11.8 Å². The summed E-state index contributed by atoms with van der Waals surface area (Å²) in [6, 6.07) is 7.11. The van der Waals surface area contributed by atoms with E-state index in [-0.39, 0.29) is 11.8 Å². The van der Waals surface area contributed by atoms with E-state index in [1.54, 1.807) is 0 Å². The molecule has 1 aromatic rings.